The minimum absolute atomic E-state index is 0.0236. The van der Waals surface area contributed by atoms with Crippen LogP contribution in [-0.4, -0.2) is 47.8 Å². The van der Waals surface area contributed by atoms with Crippen molar-refractivity contribution in [2.45, 2.75) is 57.5 Å². The van der Waals surface area contributed by atoms with Crippen LogP contribution in [0.15, 0.2) is 30.3 Å². The molecule has 0 spiro atoms. The fraction of sp³-hybridized carbons (Fsp3) is 0.571. The second-order valence-corrected chi connectivity index (χ2v) is 8.61. The third-order valence-corrected chi connectivity index (χ3v) is 5.60. The van der Waals surface area contributed by atoms with Gasteiger partial charge in [-0.15, -0.1) is 0 Å². The molecule has 3 amide bonds. The predicted octanol–water partition coefficient (Wildman–Crippen LogP) is 1.81. The molecule has 6 heteroatoms. The van der Waals surface area contributed by atoms with Crippen LogP contribution in [0.3, 0.4) is 0 Å². The van der Waals surface area contributed by atoms with E-state index < -0.39 is 17.0 Å². The molecule has 2 fully saturated rings. The van der Waals surface area contributed by atoms with Crippen molar-refractivity contribution in [3.8, 4) is 0 Å². The Kier molecular flexibility index (Phi) is 5.02. The van der Waals surface area contributed by atoms with E-state index in [0.717, 1.165) is 12.0 Å². The quantitative estimate of drug-likeness (QED) is 0.847. The molecule has 1 saturated carbocycles. The molecule has 0 aromatic heterocycles. The summed E-state index contributed by atoms with van der Waals surface area (Å²) >= 11 is 0. The van der Waals surface area contributed by atoms with E-state index in [4.69, 9.17) is 0 Å². The van der Waals surface area contributed by atoms with E-state index in [-0.39, 0.29) is 23.6 Å². The molecule has 1 aromatic rings. The summed E-state index contributed by atoms with van der Waals surface area (Å²) in [6.45, 7) is 6.17. The van der Waals surface area contributed by atoms with Gasteiger partial charge in [0.05, 0.1) is 0 Å². The molecule has 6 nitrogen and oxygen atoms in total. The molecular formula is C21H29N3O3. The number of amides is 3. The highest BCUT2D eigenvalue weighted by atomic mass is 16.2. The summed E-state index contributed by atoms with van der Waals surface area (Å²) in [6.07, 6.45) is 2.00. The third-order valence-electron chi connectivity index (χ3n) is 5.60. The molecule has 27 heavy (non-hydrogen) atoms. The first-order valence-electron chi connectivity index (χ1n) is 9.61. The fourth-order valence-electron chi connectivity index (χ4n) is 4.04. The van der Waals surface area contributed by atoms with Gasteiger partial charge in [-0.3, -0.25) is 14.4 Å². The first-order valence-corrected chi connectivity index (χ1v) is 9.61. The molecule has 146 valence electrons. The van der Waals surface area contributed by atoms with Crippen LogP contribution >= 0.6 is 0 Å². The van der Waals surface area contributed by atoms with Gasteiger partial charge in [0.25, 0.3) is 0 Å². The molecule has 3 atom stereocenters. The lowest BCUT2D eigenvalue weighted by atomic mass is 9.94. The van der Waals surface area contributed by atoms with Crippen LogP contribution in [0.5, 0.6) is 0 Å². The molecular weight excluding hydrogens is 342 g/mol. The molecule has 1 heterocycles. The van der Waals surface area contributed by atoms with Gasteiger partial charge in [-0.05, 0) is 24.8 Å². The Balaban J connectivity index is 1.78. The zero-order valence-electron chi connectivity index (χ0n) is 16.5. The number of hydrogen-bond donors (Lipinski definition) is 2. The largest absolute Gasteiger partial charge is 0.357 e. The maximum atomic E-state index is 13.1. The number of benzene rings is 1. The molecule has 1 aliphatic heterocycles. The number of hydrogen-bond acceptors (Lipinski definition) is 3. The molecule has 1 saturated heterocycles. The highest BCUT2D eigenvalue weighted by Gasteiger charge is 2.62. The monoisotopic (exact) mass is 371 g/mol. The zero-order valence-corrected chi connectivity index (χ0v) is 16.5. The number of likely N-dealkylation sites (tertiary alicyclic amines) is 1. The van der Waals surface area contributed by atoms with Gasteiger partial charge in [0.2, 0.25) is 17.7 Å². The highest BCUT2D eigenvalue weighted by Crippen LogP contribution is 2.51. The van der Waals surface area contributed by atoms with Crippen LogP contribution in [0.1, 0.15) is 51.5 Å². The highest BCUT2D eigenvalue weighted by molar-refractivity contribution is 5.98. The summed E-state index contributed by atoms with van der Waals surface area (Å²) in [5.74, 6) is -0.483. The number of likely N-dealkylation sites (N-methyl/N-ethyl adjacent to an activating group) is 1. The summed E-state index contributed by atoms with van der Waals surface area (Å²) in [6, 6.07) is 9.25. The maximum Gasteiger partial charge on any atom is 0.246 e. The van der Waals surface area contributed by atoms with Gasteiger partial charge in [-0.2, -0.15) is 0 Å². The van der Waals surface area contributed by atoms with Crippen LogP contribution in [0.25, 0.3) is 0 Å². The second-order valence-electron chi connectivity index (χ2n) is 8.61. The first-order chi connectivity index (χ1) is 12.7. The Morgan fingerprint density at radius 2 is 1.81 bits per heavy atom. The van der Waals surface area contributed by atoms with Gasteiger partial charge in [0.1, 0.15) is 11.6 Å². The Bertz CT molecular complexity index is 741. The van der Waals surface area contributed by atoms with Crippen molar-refractivity contribution < 1.29 is 14.4 Å². The van der Waals surface area contributed by atoms with Gasteiger partial charge in [0.15, 0.2) is 0 Å². The maximum absolute atomic E-state index is 13.1. The number of rotatable bonds is 4. The van der Waals surface area contributed by atoms with Gasteiger partial charge < -0.3 is 15.5 Å². The number of nitrogens with one attached hydrogen (secondary N) is 2. The Labute approximate surface area is 160 Å². The molecule has 2 N–H and O–H groups in total. The lowest BCUT2D eigenvalue weighted by molar-refractivity contribution is -0.145. The summed E-state index contributed by atoms with van der Waals surface area (Å²) in [5.41, 5.74) is -0.421. The van der Waals surface area contributed by atoms with E-state index in [1.165, 1.54) is 0 Å². The molecule has 0 unspecified atom stereocenters. The normalized spacial score (nSPS) is 27.2. The van der Waals surface area contributed by atoms with Crippen molar-refractivity contribution in [3.05, 3.63) is 35.9 Å². The SMILES string of the molecule is CNC(=O)[C@]1(NC(=O)[C@@H]2CCCN2C(=O)C(C)(C)C)C[C@H]1c1ccccc1. The average molecular weight is 371 g/mol. The molecule has 0 bridgehead atoms. The predicted molar refractivity (Wildman–Crippen MR) is 103 cm³/mol. The number of carbonyl (C=O) groups is 3. The number of carbonyl (C=O) groups excluding carboxylic acids is 3. The van der Waals surface area contributed by atoms with E-state index >= 15 is 0 Å². The summed E-state index contributed by atoms with van der Waals surface area (Å²) < 4.78 is 0. The van der Waals surface area contributed by atoms with Crippen molar-refractivity contribution in [2.75, 3.05) is 13.6 Å². The number of nitrogens with zero attached hydrogens (tertiary/aromatic N) is 1. The van der Waals surface area contributed by atoms with Crippen LogP contribution in [0, 0.1) is 5.41 Å². The van der Waals surface area contributed by atoms with Crippen LogP contribution in [0.2, 0.25) is 0 Å². The first kappa shape index (κ1) is 19.4. The Morgan fingerprint density at radius 3 is 2.41 bits per heavy atom. The van der Waals surface area contributed by atoms with Crippen molar-refractivity contribution in [2.24, 2.45) is 5.41 Å². The van der Waals surface area contributed by atoms with Crippen molar-refractivity contribution in [1.29, 1.82) is 0 Å². The molecule has 2 aliphatic rings. The van der Waals surface area contributed by atoms with Gasteiger partial charge >= 0.3 is 0 Å². The van der Waals surface area contributed by atoms with E-state index in [2.05, 4.69) is 10.6 Å². The van der Waals surface area contributed by atoms with Crippen LogP contribution in [0.4, 0.5) is 0 Å². The average Bonchev–Trinajstić information content (AvgIpc) is 3.15. The Hall–Kier alpha value is -2.37. The summed E-state index contributed by atoms with van der Waals surface area (Å²) in [4.78, 5) is 40.0. The van der Waals surface area contributed by atoms with Gasteiger partial charge in [-0.25, -0.2) is 0 Å². The zero-order chi connectivity index (χ0) is 19.8. The minimum Gasteiger partial charge on any atom is -0.357 e. The van der Waals surface area contributed by atoms with Gasteiger partial charge in [0, 0.05) is 24.9 Å². The van der Waals surface area contributed by atoms with E-state index in [1.807, 2.05) is 51.1 Å². The second kappa shape index (κ2) is 6.98. The van der Waals surface area contributed by atoms with Crippen molar-refractivity contribution in [1.82, 2.24) is 15.5 Å². The Morgan fingerprint density at radius 1 is 1.15 bits per heavy atom. The van der Waals surface area contributed by atoms with Crippen molar-refractivity contribution >= 4 is 17.7 Å². The molecule has 1 aliphatic carbocycles. The topological polar surface area (TPSA) is 78.5 Å². The van der Waals surface area contributed by atoms with E-state index in [9.17, 15) is 14.4 Å². The van der Waals surface area contributed by atoms with Crippen molar-refractivity contribution in [3.63, 3.8) is 0 Å². The minimum atomic E-state index is -0.924. The van der Waals surface area contributed by atoms with E-state index in [0.29, 0.717) is 19.4 Å². The van der Waals surface area contributed by atoms with Crippen LogP contribution < -0.4 is 10.6 Å². The smallest absolute Gasteiger partial charge is 0.246 e. The summed E-state index contributed by atoms with van der Waals surface area (Å²) in [7, 11) is 1.58. The standard InChI is InChI=1S/C21H29N3O3/c1-20(2,3)19(27)24-12-8-11-16(24)17(25)23-21(18(26)22-4)13-15(21)14-9-6-5-7-10-14/h5-7,9-10,15-16H,8,11-13H2,1-4H3,(H,22,26)(H,23,25)/t15-,16-,21-/m0/s1. The molecule has 3 rings (SSSR count). The lowest BCUT2D eigenvalue weighted by Gasteiger charge is -2.31. The fourth-order valence-corrected chi connectivity index (χ4v) is 4.04. The van der Waals surface area contributed by atoms with E-state index in [1.54, 1.807) is 11.9 Å². The summed E-state index contributed by atoms with van der Waals surface area (Å²) in [5, 5.41) is 5.69. The lowest BCUT2D eigenvalue weighted by Crippen LogP contribution is -2.56. The van der Waals surface area contributed by atoms with Gasteiger partial charge in [-0.1, -0.05) is 51.1 Å². The third kappa shape index (κ3) is 3.57. The molecule has 0 radical (unpaired) electrons. The van der Waals surface area contributed by atoms with Crippen LogP contribution in [-0.2, 0) is 14.4 Å². The molecule has 1 aromatic carbocycles.